The van der Waals surface area contributed by atoms with E-state index in [9.17, 15) is 18.4 Å². The Morgan fingerprint density at radius 1 is 1.07 bits per heavy atom. The summed E-state index contributed by atoms with van der Waals surface area (Å²) >= 11 is 3.58. The van der Waals surface area contributed by atoms with Crippen LogP contribution < -0.4 is 10.1 Å². The molecule has 0 saturated carbocycles. The number of halogens is 3. The zero-order valence-electron chi connectivity index (χ0n) is 25.4. The van der Waals surface area contributed by atoms with Crippen LogP contribution in [0.15, 0.2) is 76.2 Å². The van der Waals surface area contributed by atoms with Gasteiger partial charge in [0.2, 0.25) is 5.90 Å². The number of nitrogens with one attached hydrogen (secondary N) is 1. The van der Waals surface area contributed by atoms with Crippen molar-refractivity contribution in [1.29, 1.82) is 0 Å². The molecule has 4 rings (SSSR count). The van der Waals surface area contributed by atoms with Crippen molar-refractivity contribution in [2.75, 3.05) is 19.8 Å². The van der Waals surface area contributed by atoms with Crippen LogP contribution in [0, 0.1) is 11.6 Å². The molecular weight excluding hydrogens is 650 g/mol. The molecule has 8 nitrogen and oxygen atoms in total. The lowest BCUT2D eigenvalue weighted by Gasteiger charge is -2.31. The van der Waals surface area contributed by atoms with Crippen molar-refractivity contribution in [3.63, 3.8) is 0 Å². The average Bonchev–Trinajstić information content (AvgIpc) is 3.36. The van der Waals surface area contributed by atoms with Crippen LogP contribution in [0.1, 0.15) is 62.8 Å². The van der Waals surface area contributed by atoms with E-state index in [1.165, 1.54) is 12.1 Å². The summed E-state index contributed by atoms with van der Waals surface area (Å²) in [5.41, 5.74) is -0.711. The fraction of sp³-hybridized carbons (Fsp3) is 0.382. The van der Waals surface area contributed by atoms with Crippen LogP contribution in [-0.4, -0.2) is 53.8 Å². The summed E-state index contributed by atoms with van der Waals surface area (Å²) in [5.74, 6) is -1.63. The Hall–Kier alpha value is -3.83. The number of amides is 1. The highest BCUT2D eigenvalue weighted by atomic mass is 79.9. The first-order valence-electron chi connectivity index (χ1n) is 14.7. The van der Waals surface area contributed by atoms with Gasteiger partial charge in [-0.25, -0.2) is 13.8 Å². The molecule has 3 aromatic rings. The van der Waals surface area contributed by atoms with E-state index in [1.807, 2.05) is 24.3 Å². The summed E-state index contributed by atoms with van der Waals surface area (Å²) in [6.45, 7) is 5.72. The molecule has 240 valence electrons. The average molecular weight is 688 g/mol. The molecule has 1 aliphatic rings. The number of nitrogens with zero attached hydrogens (tertiary/aromatic N) is 1. The number of aliphatic hydroxyl groups is 1. The van der Waals surface area contributed by atoms with Gasteiger partial charge in [0.25, 0.3) is 5.91 Å². The molecule has 0 fully saturated rings. The normalized spacial score (nSPS) is 17.8. The Labute approximate surface area is 269 Å². The predicted molar refractivity (Wildman–Crippen MR) is 169 cm³/mol. The second-order valence-electron chi connectivity index (χ2n) is 11.7. The maximum Gasteiger partial charge on any atom is 0.306 e. The van der Waals surface area contributed by atoms with Gasteiger partial charge < -0.3 is 24.6 Å². The zero-order valence-corrected chi connectivity index (χ0v) is 27.0. The Bertz CT molecular complexity index is 1510. The van der Waals surface area contributed by atoms with Gasteiger partial charge in [0.1, 0.15) is 23.0 Å². The van der Waals surface area contributed by atoms with Gasteiger partial charge in [-0.05, 0) is 81.6 Å². The van der Waals surface area contributed by atoms with Gasteiger partial charge in [0.05, 0.1) is 6.61 Å². The molecule has 0 aromatic heterocycles. The highest BCUT2D eigenvalue weighted by Gasteiger charge is 2.53. The fourth-order valence-corrected chi connectivity index (χ4v) is 5.44. The quantitative estimate of drug-likeness (QED) is 0.163. The van der Waals surface area contributed by atoms with Crippen molar-refractivity contribution in [3.8, 4) is 5.75 Å². The summed E-state index contributed by atoms with van der Waals surface area (Å²) in [5, 5.41) is 11.9. The van der Waals surface area contributed by atoms with Crippen molar-refractivity contribution in [2.45, 2.75) is 63.7 Å². The zero-order chi connectivity index (χ0) is 32.6. The maximum absolute atomic E-state index is 14.2. The Kier molecular flexibility index (Phi) is 11.3. The van der Waals surface area contributed by atoms with Crippen molar-refractivity contribution < 1.29 is 37.7 Å². The number of aliphatic hydroxyl groups excluding tert-OH is 1. The minimum absolute atomic E-state index is 0.0196. The summed E-state index contributed by atoms with van der Waals surface area (Å²) in [4.78, 5) is 32.0. The number of carbonyl (C=O) groups is 2. The first-order valence-corrected chi connectivity index (χ1v) is 15.5. The van der Waals surface area contributed by atoms with Crippen molar-refractivity contribution >= 4 is 33.7 Å². The maximum atomic E-state index is 14.2. The molecule has 0 aliphatic carbocycles. The van der Waals surface area contributed by atoms with Crippen LogP contribution in [0.25, 0.3) is 0 Å². The Balaban J connectivity index is 1.69. The molecule has 0 spiro atoms. The van der Waals surface area contributed by atoms with Crippen LogP contribution in [0.2, 0.25) is 0 Å². The van der Waals surface area contributed by atoms with E-state index in [0.717, 1.165) is 6.07 Å². The van der Waals surface area contributed by atoms with Crippen LogP contribution in [0.3, 0.4) is 0 Å². The number of carbonyl (C=O) groups excluding carboxylic acids is 2. The summed E-state index contributed by atoms with van der Waals surface area (Å²) in [6.07, 6.45) is -0.442. The Morgan fingerprint density at radius 2 is 1.76 bits per heavy atom. The van der Waals surface area contributed by atoms with E-state index >= 15 is 0 Å². The lowest BCUT2D eigenvalue weighted by atomic mass is 9.83. The van der Waals surface area contributed by atoms with E-state index in [2.05, 4.69) is 21.2 Å². The van der Waals surface area contributed by atoms with Gasteiger partial charge in [-0.1, -0.05) is 34.1 Å². The highest BCUT2D eigenvalue weighted by molar-refractivity contribution is 9.10. The number of aliphatic imine (C=N–C) groups is 1. The van der Waals surface area contributed by atoms with Gasteiger partial charge in [0.15, 0.2) is 11.6 Å². The van der Waals surface area contributed by atoms with Crippen LogP contribution in [0.5, 0.6) is 5.75 Å². The van der Waals surface area contributed by atoms with Gasteiger partial charge in [-0.2, -0.15) is 0 Å². The van der Waals surface area contributed by atoms with Crippen molar-refractivity contribution in [1.82, 2.24) is 5.32 Å². The molecule has 3 aromatic carbocycles. The molecule has 2 N–H and O–H groups in total. The standard InChI is InChI=1S/C34H37BrF2N2O6/c1-33(2,3)45-29(41)13-15-34(32(42)38-16-14-22-19-24(36)21-25(37)20-22)30(27-7-4-5-8-28(27)35)44-31(39-34)23-9-11-26(12-10-23)43-18-6-17-40/h4-5,7-12,19-21,30,40H,6,13-18H2,1-3H3,(H,38,42)/t30-,34-/m1/s1. The van der Waals surface area contributed by atoms with Crippen molar-refractivity contribution in [2.24, 2.45) is 4.99 Å². The summed E-state index contributed by atoms with van der Waals surface area (Å²) in [7, 11) is 0. The van der Waals surface area contributed by atoms with Gasteiger partial charge in [-0.15, -0.1) is 0 Å². The number of hydrogen-bond donors (Lipinski definition) is 2. The number of rotatable bonds is 13. The van der Waals surface area contributed by atoms with E-state index < -0.39 is 40.8 Å². The largest absolute Gasteiger partial charge is 0.494 e. The van der Waals surface area contributed by atoms with E-state index in [-0.39, 0.29) is 38.3 Å². The fourth-order valence-electron chi connectivity index (χ4n) is 4.95. The molecule has 0 bridgehead atoms. The highest BCUT2D eigenvalue weighted by Crippen LogP contribution is 2.45. The third-order valence-corrected chi connectivity index (χ3v) is 7.69. The molecule has 1 aliphatic heterocycles. The molecule has 0 radical (unpaired) electrons. The molecule has 0 unspecified atom stereocenters. The molecule has 1 heterocycles. The minimum atomic E-state index is -1.60. The Morgan fingerprint density at radius 3 is 2.40 bits per heavy atom. The topological polar surface area (TPSA) is 106 Å². The van der Waals surface area contributed by atoms with E-state index in [0.29, 0.717) is 39.9 Å². The summed E-state index contributed by atoms with van der Waals surface area (Å²) < 4.78 is 45.9. The molecular formula is C34H37BrF2N2O6. The number of esters is 1. The second-order valence-corrected chi connectivity index (χ2v) is 12.5. The van der Waals surface area contributed by atoms with Crippen LogP contribution in [0.4, 0.5) is 8.78 Å². The molecule has 11 heteroatoms. The number of benzene rings is 3. The van der Waals surface area contributed by atoms with E-state index in [1.54, 1.807) is 45.0 Å². The van der Waals surface area contributed by atoms with Gasteiger partial charge >= 0.3 is 5.97 Å². The monoisotopic (exact) mass is 686 g/mol. The number of hydrogen-bond acceptors (Lipinski definition) is 7. The second kappa shape index (κ2) is 15.0. The minimum Gasteiger partial charge on any atom is -0.494 e. The lowest BCUT2D eigenvalue weighted by Crippen LogP contribution is -2.49. The van der Waals surface area contributed by atoms with Crippen LogP contribution >= 0.6 is 15.9 Å². The molecule has 1 amide bonds. The van der Waals surface area contributed by atoms with E-state index in [4.69, 9.17) is 24.3 Å². The lowest BCUT2D eigenvalue weighted by molar-refractivity contribution is -0.155. The SMILES string of the molecule is CC(C)(C)OC(=O)CC[C@@]1(C(=O)NCCc2cc(F)cc(F)c2)N=C(c2ccc(OCCCO)cc2)O[C@@H]1c1ccccc1Br. The molecule has 2 atom stereocenters. The molecule has 45 heavy (non-hydrogen) atoms. The van der Waals surface area contributed by atoms with Gasteiger partial charge in [-0.3, -0.25) is 9.59 Å². The third-order valence-electron chi connectivity index (χ3n) is 6.97. The first kappa shape index (κ1) is 34.1. The third kappa shape index (κ3) is 9.11. The van der Waals surface area contributed by atoms with Gasteiger partial charge in [0, 0.05) is 47.7 Å². The predicted octanol–water partition coefficient (Wildman–Crippen LogP) is 6.23. The van der Waals surface area contributed by atoms with Crippen molar-refractivity contribution in [3.05, 3.63) is 99.5 Å². The smallest absolute Gasteiger partial charge is 0.306 e. The van der Waals surface area contributed by atoms with Crippen LogP contribution in [-0.2, 0) is 25.5 Å². The number of ether oxygens (including phenoxy) is 3. The molecule has 0 saturated heterocycles. The summed E-state index contributed by atoms with van der Waals surface area (Å²) in [6, 6.07) is 17.5. The first-order chi connectivity index (χ1) is 21.4.